The number of carbonyl (C=O) groups is 1. The standard InChI is InChI=1S/C20H31N3O2/c1-15(2)14-25-18-8-11-23(13-18)20(24)17-6-9-22(10-7-17)19-5-4-16(3)12-21-19/h4-5,12,15,17-18H,6-11,13-14H2,1-3H3. The van der Waals surface area contributed by atoms with Crippen molar-refractivity contribution in [1.29, 1.82) is 0 Å². The number of anilines is 1. The monoisotopic (exact) mass is 345 g/mol. The van der Waals surface area contributed by atoms with Gasteiger partial charge in [-0.2, -0.15) is 0 Å². The number of ether oxygens (including phenoxy) is 1. The first kappa shape index (κ1) is 18.2. The van der Waals surface area contributed by atoms with Gasteiger partial charge in [-0.25, -0.2) is 4.98 Å². The lowest BCUT2D eigenvalue weighted by Crippen LogP contribution is -2.42. The molecule has 0 N–H and O–H groups in total. The molecular weight excluding hydrogens is 314 g/mol. The zero-order chi connectivity index (χ0) is 17.8. The predicted octanol–water partition coefficient (Wildman–Crippen LogP) is 2.88. The number of rotatable bonds is 5. The SMILES string of the molecule is Cc1ccc(N2CCC(C(=O)N3CCC(OCC(C)C)C3)CC2)nc1. The number of nitrogens with zero attached hydrogens (tertiary/aromatic N) is 3. The molecule has 25 heavy (non-hydrogen) atoms. The number of pyridine rings is 1. The van der Waals surface area contributed by atoms with Crippen molar-refractivity contribution in [2.24, 2.45) is 11.8 Å². The molecule has 1 amide bonds. The fourth-order valence-electron chi connectivity index (χ4n) is 3.65. The smallest absolute Gasteiger partial charge is 0.225 e. The van der Waals surface area contributed by atoms with Gasteiger partial charge in [-0.05, 0) is 43.7 Å². The summed E-state index contributed by atoms with van der Waals surface area (Å²) in [6, 6.07) is 4.18. The highest BCUT2D eigenvalue weighted by Gasteiger charge is 2.33. The minimum atomic E-state index is 0.158. The van der Waals surface area contributed by atoms with Gasteiger partial charge in [0.25, 0.3) is 0 Å². The van der Waals surface area contributed by atoms with Gasteiger partial charge in [0.2, 0.25) is 5.91 Å². The molecule has 0 spiro atoms. The Balaban J connectivity index is 1.46. The number of carbonyl (C=O) groups excluding carboxylic acids is 1. The summed E-state index contributed by atoms with van der Waals surface area (Å²) < 4.78 is 5.91. The zero-order valence-electron chi connectivity index (χ0n) is 15.8. The first-order valence-electron chi connectivity index (χ1n) is 9.61. The van der Waals surface area contributed by atoms with E-state index >= 15 is 0 Å². The molecule has 2 aliphatic heterocycles. The molecule has 5 nitrogen and oxygen atoms in total. The van der Waals surface area contributed by atoms with Gasteiger partial charge in [0, 0.05) is 44.9 Å². The predicted molar refractivity (Wildman–Crippen MR) is 99.7 cm³/mol. The van der Waals surface area contributed by atoms with E-state index in [1.807, 2.05) is 11.1 Å². The summed E-state index contributed by atoms with van der Waals surface area (Å²) >= 11 is 0. The topological polar surface area (TPSA) is 45.7 Å². The molecule has 0 aromatic carbocycles. The maximum absolute atomic E-state index is 12.8. The molecule has 5 heteroatoms. The van der Waals surface area contributed by atoms with Crippen molar-refractivity contribution in [2.75, 3.05) is 37.7 Å². The van der Waals surface area contributed by atoms with E-state index in [4.69, 9.17) is 4.74 Å². The number of amides is 1. The average Bonchev–Trinajstić information content (AvgIpc) is 3.09. The molecule has 0 aliphatic carbocycles. The van der Waals surface area contributed by atoms with Crippen LogP contribution in [0.2, 0.25) is 0 Å². The zero-order valence-corrected chi connectivity index (χ0v) is 15.8. The van der Waals surface area contributed by atoms with E-state index in [9.17, 15) is 4.79 Å². The highest BCUT2D eigenvalue weighted by Crippen LogP contribution is 2.25. The summed E-state index contributed by atoms with van der Waals surface area (Å²) in [6.07, 6.45) is 4.95. The number of hydrogen-bond acceptors (Lipinski definition) is 4. The minimum Gasteiger partial charge on any atom is -0.376 e. The van der Waals surface area contributed by atoms with Crippen LogP contribution in [-0.2, 0) is 9.53 Å². The van der Waals surface area contributed by atoms with E-state index in [1.165, 1.54) is 5.56 Å². The Bertz CT molecular complexity index is 565. The van der Waals surface area contributed by atoms with Crippen LogP contribution in [0.4, 0.5) is 5.82 Å². The van der Waals surface area contributed by atoms with Crippen LogP contribution in [0.3, 0.4) is 0 Å². The molecule has 0 radical (unpaired) electrons. The Hall–Kier alpha value is -1.62. The van der Waals surface area contributed by atoms with Crippen molar-refractivity contribution < 1.29 is 9.53 Å². The van der Waals surface area contributed by atoms with Crippen LogP contribution in [0.25, 0.3) is 0 Å². The molecule has 1 aromatic heterocycles. The Morgan fingerprint density at radius 1 is 1.24 bits per heavy atom. The van der Waals surface area contributed by atoms with Crippen LogP contribution >= 0.6 is 0 Å². The first-order chi connectivity index (χ1) is 12.0. The Labute approximate surface area is 151 Å². The molecule has 1 unspecified atom stereocenters. The summed E-state index contributed by atoms with van der Waals surface area (Å²) in [5.74, 6) is 2.06. The van der Waals surface area contributed by atoms with Crippen LogP contribution in [0.1, 0.15) is 38.7 Å². The third kappa shape index (κ3) is 4.72. The molecule has 2 saturated heterocycles. The molecular formula is C20H31N3O2. The lowest BCUT2D eigenvalue weighted by molar-refractivity contribution is -0.135. The molecule has 3 rings (SSSR count). The second-order valence-corrected chi connectivity index (χ2v) is 7.88. The quantitative estimate of drug-likeness (QED) is 0.823. The number of likely N-dealkylation sites (tertiary alicyclic amines) is 1. The Kier molecular flexibility index (Phi) is 5.94. The first-order valence-corrected chi connectivity index (χ1v) is 9.61. The van der Waals surface area contributed by atoms with E-state index in [1.54, 1.807) is 0 Å². The summed E-state index contributed by atoms with van der Waals surface area (Å²) in [5, 5.41) is 0. The maximum atomic E-state index is 12.8. The van der Waals surface area contributed by atoms with Crippen molar-refractivity contribution >= 4 is 11.7 Å². The number of aryl methyl sites for hydroxylation is 1. The van der Waals surface area contributed by atoms with Gasteiger partial charge in [-0.15, -0.1) is 0 Å². The molecule has 1 aromatic rings. The van der Waals surface area contributed by atoms with Crippen molar-refractivity contribution in [2.45, 2.75) is 46.1 Å². The highest BCUT2D eigenvalue weighted by atomic mass is 16.5. The minimum absolute atomic E-state index is 0.158. The fraction of sp³-hybridized carbons (Fsp3) is 0.700. The summed E-state index contributed by atoms with van der Waals surface area (Å²) in [5.41, 5.74) is 1.18. The van der Waals surface area contributed by atoms with Crippen molar-refractivity contribution in [3.05, 3.63) is 23.9 Å². The van der Waals surface area contributed by atoms with E-state index in [2.05, 4.69) is 42.8 Å². The number of hydrogen-bond donors (Lipinski definition) is 0. The molecule has 1 atom stereocenters. The third-order valence-corrected chi connectivity index (χ3v) is 5.19. The fourth-order valence-corrected chi connectivity index (χ4v) is 3.65. The van der Waals surface area contributed by atoms with E-state index in [0.717, 1.165) is 57.9 Å². The molecule has 0 bridgehead atoms. The molecule has 2 aliphatic rings. The van der Waals surface area contributed by atoms with Gasteiger partial charge in [0.05, 0.1) is 6.10 Å². The van der Waals surface area contributed by atoms with Crippen LogP contribution in [-0.4, -0.2) is 54.7 Å². The molecule has 2 fully saturated rings. The van der Waals surface area contributed by atoms with Gasteiger partial charge in [0.15, 0.2) is 0 Å². The Morgan fingerprint density at radius 2 is 2.00 bits per heavy atom. The summed E-state index contributed by atoms with van der Waals surface area (Å²) in [4.78, 5) is 21.6. The second kappa shape index (κ2) is 8.17. The Morgan fingerprint density at radius 3 is 2.64 bits per heavy atom. The summed E-state index contributed by atoms with van der Waals surface area (Å²) in [7, 11) is 0. The van der Waals surface area contributed by atoms with Crippen LogP contribution in [0.15, 0.2) is 18.3 Å². The van der Waals surface area contributed by atoms with Crippen molar-refractivity contribution in [1.82, 2.24) is 9.88 Å². The number of aromatic nitrogens is 1. The van der Waals surface area contributed by atoms with Crippen LogP contribution in [0, 0.1) is 18.8 Å². The van der Waals surface area contributed by atoms with Crippen molar-refractivity contribution in [3.8, 4) is 0 Å². The van der Waals surface area contributed by atoms with Gasteiger partial charge >= 0.3 is 0 Å². The van der Waals surface area contributed by atoms with Gasteiger partial charge in [0.1, 0.15) is 5.82 Å². The number of piperidine rings is 1. The highest BCUT2D eigenvalue weighted by molar-refractivity contribution is 5.79. The van der Waals surface area contributed by atoms with Crippen molar-refractivity contribution in [3.63, 3.8) is 0 Å². The van der Waals surface area contributed by atoms with Crippen LogP contribution < -0.4 is 4.90 Å². The molecule has 138 valence electrons. The summed E-state index contributed by atoms with van der Waals surface area (Å²) in [6.45, 7) is 10.6. The largest absolute Gasteiger partial charge is 0.376 e. The second-order valence-electron chi connectivity index (χ2n) is 7.88. The van der Waals surface area contributed by atoms with Gasteiger partial charge in [-0.3, -0.25) is 4.79 Å². The normalized spacial score (nSPS) is 22.0. The van der Waals surface area contributed by atoms with Gasteiger partial charge in [-0.1, -0.05) is 19.9 Å². The molecule has 0 saturated carbocycles. The van der Waals surface area contributed by atoms with E-state index in [-0.39, 0.29) is 12.0 Å². The lowest BCUT2D eigenvalue weighted by atomic mass is 9.95. The van der Waals surface area contributed by atoms with E-state index < -0.39 is 0 Å². The van der Waals surface area contributed by atoms with Crippen LogP contribution in [0.5, 0.6) is 0 Å². The molecule has 3 heterocycles. The third-order valence-electron chi connectivity index (χ3n) is 5.19. The van der Waals surface area contributed by atoms with Gasteiger partial charge < -0.3 is 14.5 Å². The maximum Gasteiger partial charge on any atom is 0.225 e. The lowest BCUT2D eigenvalue weighted by Gasteiger charge is -2.34. The average molecular weight is 345 g/mol. The van der Waals surface area contributed by atoms with E-state index in [0.29, 0.717) is 11.8 Å².